The maximum absolute atomic E-state index is 13.4. The Hall–Kier alpha value is -1.19. The molecule has 0 aliphatic rings. The number of carbonyl (C=O) groups excluding carboxylic acids is 1. The van der Waals surface area contributed by atoms with E-state index in [4.69, 9.17) is 11.6 Å². The summed E-state index contributed by atoms with van der Waals surface area (Å²) in [6, 6.07) is 9.37. The molecule has 0 radical (unpaired) electrons. The van der Waals surface area contributed by atoms with Crippen LogP contribution in [0.3, 0.4) is 0 Å². The summed E-state index contributed by atoms with van der Waals surface area (Å²) in [5, 5.41) is 0.467. The van der Waals surface area contributed by atoms with Crippen LogP contribution < -0.4 is 0 Å². The molecule has 4 heteroatoms. The third kappa shape index (κ3) is 2.62. The smallest absolute Gasteiger partial charge is 0.194 e. The number of hydrogen-bond acceptors (Lipinski definition) is 1. The van der Waals surface area contributed by atoms with E-state index in [0.29, 0.717) is 26.2 Å². The van der Waals surface area contributed by atoms with Gasteiger partial charge in [0.25, 0.3) is 0 Å². The number of hydrogen-bond donors (Lipinski definition) is 0. The summed E-state index contributed by atoms with van der Waals surface area (Å²) in [7, 11) is 0. The first kappa shape index (κ1) is 13.2. The SMILES string of the molecule is Cc1ccc(C(=O)c2cc(Cl)ccc2Br)cc1F. The molecule has 0 aliphatic heterocycles. The largest absolute Gasteiger partial charge is 0.289 e. The van der Waals surface area contributed by atoms with Crippen molar-refractivity contribution in [3.05, 3.63) is 68.4 Å². The third-order valence-electron chi connectivity index (χ3n) is 2.61. The highest BCUT2D eigenvalue weighted by molar-refractivity contribution is 9.10. The highest BCUT2D eigenvalue weighted by Crippen LogP contribution is 2.24. The fraction of sp³-hybridized carbons (Fsp3) is 0.0714. The second-order valence-corrected chi connectivity index (χ2v) is 5.21. The molecule has 0 unspecified atom stereocenters. The van der Waals surface area contributed by atoms with Gasteiger partial charge in [-0.25, -0.2) is 4.39 Å². The summed E-state index contributed by atoms with van der Waals surface area (Å²) in [5.74, 6) is -0.651. The van der Waals surface area contributed by atoms with Crippen molar-refractivity contribution in [3.8, 4) is 0 Å². The molecule has 2 aromatic rings. The van der Waals surface area contributed by atoms with Gasteiger partial charge in [0.1, 0.15) is 5.82 Å². The number of aryl methyl sites for hydroxylation is 1. The Morgan fingerprint density at radius 1 is 1.22 bits per heavy atom. The molecule has 92 valence electrons. The van der Waals surface area contributed by atoms with E-state index >= 15 is 0 Å². The molecule has 2 aromatic carbocycles. The van der Waals surface area contributed by atoms with Crippen molar-refractivity contribution < 1.29 is 9.18 Å². The van der Waals surface area contributed by atoms with Gasteiger partial charge in [0.15, 0.2) is 5.78 Å². The van der Waals surface area contributed by atoms with Crippen molar-refractivity contribution in [1.82, 2.24) is 0 Å². The van der Waals surface area contributed by atoms with E-state index in [9.17, 15) is 9.18 Å². The van der Waals surface area contributed by atoms with Crippen molar-refractivity contribution in [3.63, 3.8) is 0 Å². The van der Waals surface area contributed by atoms with E-state index < -0.39 is 0 Å². The fourth-order valence-electron chi connectivity index (χ4n) is 1.56. The van der Waals surface area contributed by atoms with Gasteiger partial charge in [0, 0.05) is 20.6 Å². The minimum absolute atomic E-state index is 0.261. The lowest BCUT2D eigenvalue weighted by Crippen LogP contribution is -2.03. The highest BCUT2D eigenvalue weighted by atomic mass is 79.9. The Kier molecular flexibility index (Phi) is 3.83. The lowest BCUT2D eigenvalue weighted by Gasteiger charge is -2.05. The Morgan fingerprint density at radius 3 is 2.61 bits per heavy atom. The molecule has 0 atom stereocenters. The summed E-state index contributed by atoms with van der Waals surface area (Å²) >= 11 is 9.15. The predicted octanol–water partition coefficient (Wildman–Crippen LogP) is 4.78. The Balaban J connectivity index is 2.47. The first-order valence-electron chi connectivity index (χ1n) is 5.25. The van der Waals surface area contributed by atoms with E-state index in [1.807, 2.05) is 0 Å². The molecule has 0 saturated carbocycles. The van der Waals surface area contributed by atoms with E-state index in [2.05, 4.69) is 15.9 Å². The number of halogens is 3. The summed E-state index contributed by atoms with van der Waals surface area (Å²) in [6.45, 7) is 1.65. The third-order valence-corrected chi connectivity index (χ3v) is 3.53. The predicted molar refractivity (Wildman–Crippen MR) is 73.7 cm³/mol. The van der Waals surface area contributed by atoms with Gasteiger partial charge in [-0.1, -0.05) is 39.7 Å². The van der Waals surface area contributed by atoms with Crippen molar-refractivity contribution in [1.29, 1.82) is 0 Å². The molecular formula is C14H9BrClFO. The molecule has 18 heavy (non-hydrogen) atoms. The Bertz CT molecular complexity index is 625. The van der Waals surface area contributed by atoms with Crippen LogP contribution in [0.5, 0.6) is 0 Å². The van der Waals surface area contributed by atoms with Crippen LogP contribution in [-0.4, -0.2) is 5.78 Å². The zero-order valence-corrected chi connectivity index (χ0v) is 11.8. The van der Waals surface area contributed by atoms with Gasteiger partial charge in [-0.3, -0.25) is 4.79 Å². The van der Waals surface area contributed by atoms with Crippen LogP contribution in [0.1, 0.15) is 21.5 Å². The normalized spacial score (nSPS) is 10.4. The molecule has 0 aromatic heterocycles. The first-order valence-corrected chi connectivity index (χ1v) is 6.42. The summed E-state index contributed by atoms with van der Waals surface area (Å²) in [6.07, 6.45) is 0. The number of benzene rings is 2. The molecule has 0 heterocycles. The van der Waals surface area contributed by atoms with Crippen molar-refractivity contribution in [2.75, 3.05) is 0 Å². The zero-order chi connectivity index (χ0) is 13.3. The van der Waals surface area contributed by atoms with Gasteiger partial charge in [-0.2, -0.15) is 0 Å². The number of rotatable bonds is 2. The minimum atomic E-state index is -0.390. The van der Waals surface area contributed by atoms with Crippen LogP contribution >= 0.6 is 27.5 Å². The van der Waals surface area contributed by atoms with Crippen LogP contribution in [0.25, 0.3) is 0 Å². The average Bonchev–Trinajstić information content (AvgIpc) is 2.35. The monoisotopic (exact) mass is 326 g/mol. The average molecular weight is 328 g/mol. The number of carbonyl (C=O) groups is 1. The first-order chi connectivity index (χ1) is 8.49. The summed E-state index contributed by atoms with van der Waals surface area (Å²) < 4.78 is 14.1. The van der Waals surface area contributed by atoms with Crippen LogP contribution in [0.2, 0.25) is 5.02 Å². The molecule has 0 saturated heterocycles. The Morgan fingerprint density at radius 2 is 1.94 bits per heavy atom. The van der Waals surface area contributed by atoms with E-state index in [1.165, 1.54) is 6.07 Å². The molecule has 0 fully saturated rings. The van der Waals surface area contributed by atoms with Crippen molar-refractivity contribution in [2.24, 2.45) is 0 Å². The maximum atomic E-state index is 13.4. The lowest BCUT2D eigenvalue weighted by molar-refractivity contribution is 0.103. The molecule has 0 amide bonds. The molecule has 0 spiro atoms. The lowest BCUT2D eigenvalue weighted by atomic mass is 10.0. The van der Waals surface area contributed by atoms with Gasteiger partial charge in [-0.15, -0.1) is 0 Å². The van der Waals surface area contributed by atoms with Crippen LogP contribution in [-0.2, 0) is 0 Å². The topological polar surface area (TPSA) is 17.1 Å². The van der Waals surface area contributed by atoms with E-state index in [-0.39, 0.29) is 11.6 Å². The quantitative estimate of drug-likeness (QED) is 0.725. The van der Waals surface area contributed by atoms with Crippen LogP contribution in [0.15, 0.2) is 40.9 Å². The van der Waals surface area contributed by atoms with Crippen LogP contribution in [0, 0.1) is 12.7 Å². The van der Waals surface area contributed by atoms with E-state index in [1.54, 1.807) is 37.3 Å². The maximum Gasteiger partial charge on any atom is 0.194 e. The van der Waals surface area contributed by atoms with Crippen molar-refractivity contribution in [2.45, 2.75) is 6.92 Å². The minimum Gasteiger partial charge on any atom is -0.289 e. The Labute approximate surface area is 118 Å². The number of ketones is 1. The van der Waals surface area contributed by atoms with Crippen molar-refractivity contribution >= 4 is 33.3 Å². The standard InChI is InChI=1S/C14H9BrClFO/c1-8-2-3-9(6-13(8)17)14(18)11-7-10(16)4-5-12(11)15/h2-7H,1H3. The van der Waals surface area contributed by atoms with Gasteiger partial charge in [-0.05, 0) is 36.8 Å². The fourth-order valence-corrected chi connectivity index (χ4v) is 2.16. The van der Waals surface area contributed by atoms with Crippen LogP contribution in [0.4, 0.5) is 4.39 Å². The molecular weight excluding hydrogens is 319 g/mol. The van der Waals surface area contributed by atoms with Gasteiger partial charge in [0.05, 0.1) is 0 Å². The highest BCUT2D eigenvalue weighted by Gasteiger charge is 2.14. The molecule has 2 rings (SSSR count). The summed E-state index contributed by atoms with van der Waals surface area (Å²) in [5.41, 5.74) is 1.24. The molecule has 0 N–H and O–H groups in total. The van der Waals surface area contributed by atoms with Gasteiger partial charge >= 0.3 is 0 Å². The second kappa shape index (κ2) is 5.21. The van der Waals surface area contributed by atoms with Gasteiger partial charge in [0.2, 0.25) is 0 Å². The zero-order valence-electron chi connectivity index (χ0n) is 9.51. The molecule has 0 bridgehead atoms. The molecule has 1 nitrogen and oxygen atoms in total. The van der Waals surface area contributed by atoms with Gasteiger partial charge < -0.3 is 0 Å². The molecule has 0 aliphatic carbocycles. The second-order valence-electron chi connectivity index (χ2n) is 3.92. The summed E-state index contributed by atoms with van der Waals surface area (Å²) in [4.78, 5) is 12.2. The van der Waals surface area contributed by atoms with E-state index in [0.717, 1.165) is 0 Å².